The van der Waals surface area contributed by atoms with Gasteiger partial charge in [-0.2, -0.15) is 0 Å². The number of rotatable bonds is 6. The molecule has 0 N–H and O–H groups in total. The molecule has 2 heterocycles. The maximum Gasteiger partial charge on any atom is 0.118 e. The van der Waals surface area contributed by atoms with Crippen molar-refractivity contribution in [1.29, 1.82) is 0 Å². The van der Waals surface area contributed by atoms with Crippen molar-refractivity contribution < 1.29 is 14.2 Å². The van der Waals surface area contributed by atoms with Crippen LogP contribution in [0.3, 0.4) is 0 Å². The fourth-order valence-corrected chi connectivity index (χ4v) is 4.12. The number of hydrogen-bond acceptors (Lipinski definition) is 4. The minimum Gasteiger partial charge on any atom is -0.497 e. The molecule has 24 heavy (non-hydrogen) atoms. The Morgan fingerprint density at radius 1 is 1.08 bits per heavy atom. The fourth-order valence-electron chi connectivity index (χ4n) is 4.12. The highest BCUT2D eigenvalue weighted by molar-refractivity contribution is 5.27. The van der Waals surface area contributed by atoms with E-state index in [2.05, 4.69) is 29.2 Å². The lowest BCUT2D eigenvalue weighted by molar-refractivity contribution is -0.0175. The lowest BCUT2D eigenvalue weighted by Crippen LogP contribution is -2.46. The highest BCUT2D eigenvalue weighted by Crippen LogP contribution is 2.26. The third-order valence-corrected chi connectivity index (χ3v) is 5.57. The Balaban J connectivity index is 1.57. The summed E-state index contributed by atoms with van der Waals surface area (Å²) >= 11 is 0. The summed E-state index contributed by atoms with van der Waals surface area (Å²) in [6.07, 6.45) is 5.02. The van der Waals surface area contributed by atoms with Crippen LogP contribution in [-0.4, -0.2) is 58.1 Å². The van der Waals surface area contributed by atoms with E-state index < -0.39 is 0 Å². The van der Waals surface area contributed by atoms with Crippen LogP contribution in [0.4, 0.5) is 0 Å². The van der Waals surface area contributed by atoms with Crippen LogP contribution in [0.25, 0.3) is 0 Å². The first-order chi connectivity index (χ1) is 11.8. The Kier molecular flexibility index (Phi) is 6.52. The minimum atomic E-state index is 0.373. The van der Waals surface area contributed by atoms with E-state index in [0.29, 0.717) is 12.0 Å². The van der Waals surface area contributed by atoms with Gasteiger partial charge in [0.1, 0.15) is 5.75 Å². The maximum absolute atomic E-state index is 5.79. The van der Waals surface area contributed by atoms with E-state index in [4.69, 9.17) is 14.2 Å². The van der Waals surface area contributed by atoms with Crippen LogP contribution < -0.4 is 4.74 Å². The topological polar surface area (TPSA) is 30.9 Å². The maximum atomic E-state index is 5.79. The van der Waals surface area contributed by atoms with Gasteiger partial charge in [-0.1, -0.05) is 12.1 Å². The van der Waals surface area contributed by atoms with Gasteiger partial charge in [0.05, 0.1) is 13.2 Å². The second-order valence-electron chi connectivity index (χ2n) is 7.19. The average Bonchev–Trinajstić information content (AvgIpc) is 2.63. The van der Waals surface area contributed by atoms with Crippen LogP contribution in [0.15, 0.2) is 24.3 Å². The first-order valence-corrected chi connectivity index (χ1v) is 9.24. The minimum absolute atomic E-state index is 0.373. The zero-order valence-electron chi connectivity index (χ0n) is 15.1. The zero-order valence-corrected chi connectivity index (χ0v) is 15.1. The average molecular weight is 333 g/mol. The molecule has 2 aliphatic heterocycles. The Labute approximate surface area is 146 Å². The molecule has 134 valence electrons. The highest BCUT2D eigenvalue weighted by atomic mass is 16.5. The van der Waals surface area contributed by atoms with Gasteiger partial charge in [-0.05, 0) is 49.3 Å². The largest absolute Gasteiger partial charge is 0.497 e. The first-order valence-electron chi connectivity index (χ1n) is 9.24. The van der Waals surface area contributed by atoms with Crippen LogP contribution in [0.5, 0.6) is 5.75 Å². The van der Waals surface area contributed by atoms with E-state index in [9.17, 15) is 0 Å². The van der Waals surface area contributed by atoms with E-state index in [1.54, 1.807) is 7.11 Å². The number of hydrogen-bond donors (Lipinski definition) is 0. The molecule has 1 aromatic carbocycles. The number of likely N-dealkylation sites (tertiary alicyclic amines) is 1. The van der Waals surface area contributed by atoms with E-state index in [1.807, 2.05) is 7.11 Å². The molecule has 0 saturated carbocycles. The summed E-state index contributed by atoms with van der Waals surface area (Å²) < 4.78 is 16.5. The van der Waals surface area contributed by atoms with Crippen molar-refractivity contribution in [1.82, 2.24) is 4.90 Å². The van der Waals surface area contributed by atoms with Gasteiger partial charge < -0.3 is 19.1 Å². The summed E-state index contributed by atoms with van der Waals surface area (Å²) in [5, 5.41) is 0. The molecular weight excluding hydrogens is 302 g/mol. The molecule has 0 aromatic heterocycles. The monoisotopic (exact) mass is 333 g/mol. The van der Waals surface area contributed by atoms with Crippen molar-refractivity contribution in [3.05, 3.63) is 29.8 Å². The summed E-state index contributed by atoms with van der Waals surface area (Å²) in [6, 6.07) is 8.48. The molecule has 2 fully saturated rings. The molecule has 2 saturated heterocycles. The number of nitrogens with zero attached hydrogens (tertiary/aromatic N) is 1. The molecule has 0 bridgehead atoms. The number of ether oxygens (including phenoxy) is 3. The van der Waals surface area contributed by atoms with E-state index in [0.717, 1.165) is 50.8 Å². The normalized spacial score (nSPS) is 26.4. The van der Waals surface area contributed by atoms with Crippen LogP contribution >= 0.6 is 0 Å². The van der Waals surface area contributed by atoms with Crippen molar-refractivity contribution >= 4 is 0 Å². The molecule has 2 atom stereocenters. The lowest BCUT2D eigenvalue weighted by atomic mass is 9.87. The summed E-state index contributed by atoms with van der Waals surface area (Å²) in [4.78, 5) is 2.65. The molecule has 3 rings (SSSR count). The van der Waals surface area contributed by atoms with Crippen molar-refractivity contribution in [3.8, 4) is 5.75 Å². The molecule has 4 nitrogen and oxygen atoms in total. The van der Waals surface area contributed by atoms with E-state index in [-0.39, 0.29) is 0 Å². The fraction of sp³-hybridized carbons (Fsp3) is 0.700. The molecule has 0 amide bonds. The van der Waals surface area contributed by atoms with Gasteiger partial charge in [-0.15, -0.1) is 0 Å². The second-order valence-corrected chi connectivity index (χ2v) is 7.19. The van der Waals surface area contributed by atoms with Gasteiger partial charge in [0.2, 0.25) is 0 Å². The third kappa shape index (κ3) is 4.71. The summed E-state index contributed by atoms with van der Waals surface area (Å²) in [6.45, 7) is 5.40. The van der Waals surface area contributed by atoms with Crippen LogP contribution in [0.2, 0.25) is 0 Å². The molecule has 1 aromatic rings. The smallest absolute Gasteiger partial charge is 0.118 e. The van der Waals surface area contributed by atoms with E-state index in [1.165, 1.54) is 24.9 Å². The predicted octanol–water partition coefficient (Wildman–Crippen LogP) is 3.00. The van der Waals surface area contributed by atoms with Crippen molar-refractivity contribution in [2.24, 2.45) is 11.8 Å². The Hall–Kier alpha value is -1.10. The van der Waals surface area contributed by atoms with Crippen LogP contribution in [0, 0.1) is 11.8 Å². The van der Waals surface area contributed by atoms with Crippen molar-refractivity contribution in [2.45, 2.75) is 31.8 Å². The predicted molar refractivity (Wildman–Crippen MR) is 95.6 cm³/mol. The van der Waals surface area contributed by atoms with Crippen LogP contribution in [-0.2, 0) is 15.9 Å². The molecule has 0 aliphatic carbocycles. The van der Waals surface area contributed by atoms with Crippen LogP contribution in [0.1, 0.15) is 24.8 Å². The third-order valence-electron chi connectivity index (χ3n) is 5.57. The van der Waals surface area contributed by atoms with Gasteiger partial charge in [0.15, 0.2) is 0 Å². The van der Waals surface area contributed by atoms with Gasteiger partial charge in [0, 0.05) is 45.9 Å². The molecule has 2 aliphatic rings. The van der Waals surface area contributed by atoms with Crippen molar-refractivity contribution in [3.63, 3.8) is 0 Å². The first kappa shape index (κ1) is 17.7. The standard InChI is InChI=1S/C20H31NO3/c1-22-19-5-3-16(4-6-19)13-18-15-21(10-7-20(18)23-2)14-17-8-11-24-12-9-17/h3-6,17-18,20H,7-15H2,1-2H3/t18-,20+/m0/s1. The quantitative estimate of drug-likeness (QED) is 0.801. The Morgan fingerprint density at radius 2 is 1.83 bits per heavy atom. The Morgan fingerprint density at radius 3 is 2.50 bits per heavy atom. The number of benzene rings is 1. The van der Waals surface area contributed by atoms with Gasteiger partial charge >= 0.3 is 0 Å². The second kappa shape index (κ2) is 8.84. The zero-order chi connectivity index (χ0) is 16.8. The molecule has 0 radical (unpaired) electrons. The Bertz CT molecular complexity index is 484. The molecule has 0 spiro atoms. The van der Waals surface area contributed by atoms with Gasteiger partial charge in [-0.3, -0.25) is 0 Å². The van der Waals surface area contributed by atoms with Gasteiger partial charge in [-0.25, -0.2) is 0 Å². The summed E-state index contributed by atoms with van der Waals surface area (Å²) in [7, 11) is 3.57. The molecule has 4 heteroatoms. The SMILES string of the molecule is COc1ccc(C[C@H]2CN(CC3CCOCC3)CC[C@H]2OC)cc1. The van der Waals surface area contributed by atoms with Crippen molar-refractivity contribution in [2.75, 3.05) is 47.1 Å². The molecule has 0 unspecified atom stereocenters. The highest BCUT2D eigenvalue weighted by Gasteiger charge is 2.30. The summed E-state index contributed by atoms with van der Waals surface area (Å²) in [5.41, 5.74) is 1.37. The lowest BCUT2D eigenvalue weighted by Gasteiger charge is -2.40. The molecular formula is C20H31NO3. The number of methoxy groups -OCH3 is 2. The summed E-state index contributed by atoms with van der Waals surface area (Å²) in [5.74, 6) is 2.29. The number of piperidine rings is 1. The van der Waals surface area contributed by atoms with E-state index >= 15 is 0 Å². The van der Waals surface area contributed by atoms with Gasteiger partial charge in [0.25, 0.3) is 0 Å².